The summed E-state index contributed by atoms with van der Waals surface area (Å²) in [5.74, 6) is 2.60. The predicted molar refractivity (Wildman–Crippen MR) is 88.9 cm³/mol. The minimum Gasteiger partial charge on any atom is -0.383 e. The second-order valence-corrected chi connectivity index (χ2v) is 5.73. The van der Waals surface area contributed by atoms with Crippen LogP contribution in [0.5, 0.6) is 0 Å². The third-order valence-corrected chi connectivity index (χ3v) is 3.88. The number of nitrogen functional groups attached to an aromatic ring is 1. The third-order valence-electron chi connectivity index (χ3n) is 3.88. The zero-order valence-corrected chi connectivity index (χ0v) is 14.3. The van der Waals surface area contributed by atoms with E-state index in [4.69, 9.17) is 15.5 Å². The van der Waals surface area contributed by atoms with Gasteiger partial charge in [-0.15, -0.1) is 0 Å². The lowest BCUT2D eigenvalue weighted by Crippen LogP contribution is -2.38. The highest BCUT2D eigenvalue weighted by molar-refractivity contribution is 5.57. The highest BCUT2D eigenvalue weighted by atomic mass is 16.5. The summed E-state index contributed by atoms with van der Waals surface area (Å²) in [6.07, 6.45) is 2.14. The average Bonchev–Trinajstić information content (AvgIpc) is 2.46. The van der Waals surface area contributed by atoms with Crippen molar-refractivity contribution in [1.82, 2.24) is 9.97 Å². The van der Waals surface area contributed by atoms with Crippen LogP contribution in [0.2, 0.25) is 0 Å². The maximum Gasteiger partial charge on any atom is 0.137 e. The van der Waals surface area contributed by atoms with Gasteiger partial charge in [-0.05, 0) is 19.8 Å². The number of hydrogen-bond acceptors (Lipinski definition) is 5. The Bertz CT molecular complexity index is 444. The standard InChI is InChI=1S/C16H30N4O/c1-7-13(8-2)20(9-10-21-6)16-12(5)14(17)18-15(19-16)11(3)4/h11,13H,7-10H2,1-6H3,(H2,17,18,19). The number of nitrogens with zero attached hydrogens (tertiary/aromatic N) is 3. The van der Waals surface area contributed by atoms with Crippen molar-refractivity contribution in [2.45, 2.75) is 59.4 Å². The summed E-state index contributed by atoms with van der Waals surface area (Å²) < 4.78 is 5.26. The van der Waals surface area contributed by atoms with Crippen LogP contribution in [0.15, 0.2) is 0 Å². The van der Waals surface area contributed by atoms with Crippen molar-refractivity contribution in [3.63, 3.8) is 0 Å². The van der Waals surface area contributed by atoms with E-state index < -0.39 is 0 Å². The molecule has 0 aromatic carbocycles. The highest BCUT2D eigenvalue weighted by Gasteiger charge is 2.21. The Morgan fingerprint density at radius 3 is 2.29 bits per heavy atom. The number of anilines is 2. The lowest BCUT2D eigenvalue weighted by Gasteiger charge is -2.33. The molecule has 0 spiro atoms. The molecule has 0 aliphatic carbocycles. The number of hydrogen-bond donors (Lipinski definition) is 1. The minimum atomic E-state index is 0.262. The van der Waals surface area contributed by atoms with E-state index >= 15 is 0 Å². The molecule has 0 aliphatic rings. The first-order chi connectivity index (χ1) is 9.96. The van der Waals surface area contributed by atoms with Gasteiger partial charge in [-0.25, -0.2) is 9.97 Å². The van der Waals surface area contributed by atoms with Crippen molar-refractivity contribution in [3.05, 3.63) is 11.4 Å². The number of methoxy groups -OCH3 is 1. The molecule has 1 aromatic heterocycles. The smallest absolute Gasteiger partial charge is 0.137 e. The Labute approximate surface area is 128 Å². The van der Waals surface area contributed by atoms with Crippen LogP contribution in [0, 0.1) is 6.92 Å². The Hall–Kier alpha value is -1.36. The quantitative estimate of drug-likeness (QED) is 0.798. The van der Waals surface area contributed by atoms with Crippen molar-refractivity contribution in [1.29, 1.82) is 0 Å². The summed E-state index contributed by atoms with van der Waals surface area (Å²) in [5, 5.41) is 0. The van der Waals surface area contributed by atoms with Gasteiger partial charge >= 0.3 is 0 Å². The lowest BCUT2D eigenvalue weighted by atomic mass is 10.1. The summed E-state index contributed by atoms with van der Waals surface area (Å²) in [6, 6.07) is 0.438. The Balaban J connectivity index is 3.27. The molecule has 0 amide bonds. The maximum atomic E-state index is 6.10. The zero-order valence-electron chi connectivity index (χ0n) is 14.3. The van der Waals surface area contributed by atoms with E-state index in [0.29, 0.717) is 18.5 Å². The molecule has 1 aromatic rings. The van der Waals surface area contributed by atoms with Gasteiger partial charge < -0.3 is 15.4 Å². The first-order valence-corrected chi connectivity index (χ1v) is 7.85. The summed E-state index contributed by atoms with van der Waals surface area (Å²) in [4.78, 5) is 11.5. The molecule has 0 bridgehead atoms. The molecular formula is C16H30N4O. The fraction of sp³-hybridized carbons (Fsp3) is 0.750. The van der Waals surface area contributed by atoms with Gasteiger partial charge in [0.15, 0.2) is 0 Å². The molecule has 0 radical (unpaired) electrons. The van der Waals surface area contributed by atoms with Crippen LogP contribution in [-0.4, -0.2) is 36.3 Å². The molecule has 5 nitrogen and oxygen atoms in total. The van der Waals surface area contributed by atoms with E-state index in [1.54, 1.807) is 7.11 Å². The highest BCUT2D eigenvalue weighted by Crippen LogP contribution is 2.27. The van der Waals surface area contributed by atoms with E-state index in [1.807, 2.05) is 6.92 Å². The fourth-order valence-corrected chi connectivity index (χ4v) is 2.46. The molecule has 2 N–H and O–H groups in total. The van der Waals surface area contributed by atoms with Gasteiger partial charge in [0.05, 0.1) is 6.61 Å². The summed E-state index contributed by atoms with van der Waals surface area (Å²) >= 11 is 0. The third kappa shape index (κ3) is 4.30. The van der Waals surface area contributed by atoms with Crippen LogP contribution >= 0.6 is 0 Å². The van der Waals surface area contributed by atoms with E-state index in [2.05, 4.69) is 37.6 Å². The van der Waals surface area contributed by atoms with Gasteiger partial charge in [0.25, 0.3) is 0 Å². The summed E-state index contributed by atoms with van der Waals surface area (Å²) in [6.45, 7) is 12.1. The predicted octanol–water partition coefficient (Wildman–Crippen LogP) is 3.13. The molecular weight excluding hydrogens is 264 g/mol. The Morgan fingerprint density at radius 2 is 1.81 bits per heavy atom. The number of nitrogens with two attached hydrogens (primary N) is 1. The number of rotatable bonds is 8. The van der Waals surface area contributed by atoms with Gasteiger partial charge in [0.1, 0.15) is 17.5 Å². The van der Waals surface area contributed by atoms with Crippen LogP contribution in [0.1, 0.15) is 57.8 Å². The second-order valence-electron chi connectivity index (χ2n) is 5.73. The lowest BCUT2D eigenvalue weighted by molar-refractivity contribution is 0.202. The first kappa shape index (κ1) is 17.7. The van der Waals surface area contributed by atoms with Gasteiger partial charge in [-0.1, -0.05) is 27.7 Å². The Morgan fingerprint density at radius 1 is 1.19 bits per heavy atom. The van der Waals surface area contributed by atoms with Gasteiger partial charge in [-0.3, -0.25) is 0 Å². The van der Waals surface area contributed by atoms with Gasteiger partial charge in [-0.2, -0.15) is 0 Å². The molecule has 1 heterocycles. The van der Waals surface area contributed by atoms with E-state index in [-0.39, 0.29) is 5.92 Å². The molecule has 0 saturated carbocycles. The molecule has 21 heavy (non-hydrogen) atoms. The number of aromatic nitrogens is 2. The zero-order chi connectivity index (χ0) is 16.0. The molecule has 0 aliphatic heterocycles. The van der Waals surface area contributed by atoms with Crippen molar-refractivity contribution in [2.75, 3.05) is 30.9 Å². The minimum absolute atomic E-state index is 0.262. The van der Waals surface area contributed by atoms with E-state index in [0.717, 1.165) is 36.6 Å². The van der Waals surface area contributed by atoms with Crippen molar-refractivity contribution >= 4 is 11.6 Å². The normalized spacial score (nSPS) is 11.4. The topological polar surface area (TPSA) is 64.3 Å². The molecule has 0 saturated heterocycles. The molecule has 1 rings (SSSR count). The van der Waals surface area contributed by atoms with Crippen molar-refractivity contribution in [2.24, 2.45) is 0 Å². The molecule has 120 valence electrons. The van der Waals surface area contributed by atoms with E-state index in [9.17, 15) is 0 Å². The molecule has 5 heteroatoms. The van der Waals surface area contributed by atoms with Crippen LogP contribution in [-0.2, 0) is 4.74 Å². The second kappa shape index (κ2) is 8.17. The van der Waals surface area contributed by atoms with Crippen LogP contribution in [0.3, 0.4) is 0 Å². The molecule has 0 unspecified atom stereocenters. The van der Waals surface area contributed by atoms with Gasteiger partial charge in [0, 0.05) is 31.2 Å². The Kier molecular flexibility index (Phi) is 6.89. The molecule has 0 atom stereocenters. The fourth-order valence-electron chi connectivity index (χ4n) is 2.46. The van der Waals surface area contributed by atoms with Crippen molar-refractivity contribution in [3.8, 4) is 0 Å². The summed E-state index contributed by atoms with van der Waals surface area (Å²) in [5.41, 5.74) is 7.06. The van der Waals surface area contributed by atoms with Crippen LogP contribution in [0.25, 0.3) is 0 Å². The number of ether oxygens (including phenoxy) is 1. The first-order valence-electron chi connectivity index (χ1n) is 7.85. The van der Waals surface area contributed by atoms with Crippen LogP contribution in [0.4, 0.5) is 11.6 Å². The largest absolute Gasteiger partial charge is 0.383 e. The average molecular weight is 294 g/mol. The SMILES string of the molecule is CCC(CC)N(CCOC)c1nc(C(C)C)nc(N)c1C. The van der Waals surface area contributed by atoms with Crippen LogP contribution < -0.4 is 10.6 Å². The monoisotopic (exact) mass is 294 g/mol. The molecule has 0 fully saturated rings. The van der Waals surface area contributed by atoms with Gasteiger partial charge in [0.2, 0.25) is 0 Å². The maximum absolute atomic E-state index is 6.10. The van der Waals surface area contributed by atoms with Crippen molar-refractivity contribution < 1.29 is 4.74 Å². The van der Waals surface area contributed by atoms with E-state index in [1.165, 1.54) is 0 Å². The summed E-state index contributed by atoms with van der Waals surface area (Å²) in [7, 11) is 1.73.